The number of rotatable bonds is 11. The van der Waals surface area contributed by atoms with E-state index in [0.29, 0.717) is 18.6 Å². The zero-order valence-corrected chi connectivity index (χ0v) is 20.4. The summed E-state index contributed by atoms with van der Waals surface area (Å²) < 4.78 is 29.3. The van der Waals surface area contributed by atoms with Gasteiger partial charge in [0.15, 0.2) is 5.16 Å². The summed E-state index contributed by atoms with van der Waals surface area (Å²) in [7, 11) is -3.55. The Morgan fingerprint density at radius 2 is 1.87 bits per heavy atom. The van der Waals surface area contributed by atoms with E-state index < -0.39 is 10.0 Å². The van der Waals surface area contributed by atoms with Crippen LogP contribution >= 0.6 is 11.8 Å². The number of fused-ring (bicyclic) bond motifs is 1. The summed E-state index contributed by atoms with van der Waals surface area (Å²) in [5.41, 5.74) is 1.53. The van der Waals surface area contributed by atoms with E-state index in [2.05, 4.69) is 16.8 Å². The molecule has 0 aliphatic carbocycles. The van der Waals surface area contributed by atoms with Gasteiger partial charge in [-0.1, -0.05) is 39.0 Å². The number of nitrogens with one attached hydrogen (secondary N) is 1. The molecule has 0 saturated carbocycles. The van der Waals surface area contributed by atoms with Gasteiger partial charge in [0.05, 0.1) is 21.2 Å². The van der Waals surface area contributed by atoms with Gasteiger partial charge in [-0.05, 0) is 45.4 Å². The molecule has 1 N–H and O–H groups in total. The summed E-state index contributed by atoms with van der Waals surface area (Å²) in [6, 6.07) is 5.21. The number of sulfonamides is 1. The lowest BCUT2D eigenvalue weighted by Crippen LogP contribution is -2.36. The first kappa shape index (κ1) is 24.7. The Labute approximate surface area is 184 Å². The van der Waals surface area contributed by atoms with Crippen LogP contribution in [0, 0.1) is 0 Å². The van der Waals surface area contributed by atoms with Crippen molar-refractivity contribution in [3.63, 3.8) is 0 Å². The number of hydrogen-bond donors (Lipinski definition) is 1. The van der Waals surface area contributed by atoms with Gasteiger partial charge in [0, 0.05) is 25.7 Å². The minimum atomic E-state index is -3.55. The molecular formula is C21H34N4O3S2. The van der Waals surface area contributed by atoms with E-state index in [1.54, 1.807) is 12.1 Å². The molecule has 0 aliphatic heterocycles. The largest absolute Gasteiger partial charge is 0.353 e. The molecule has 1 amide bonds. The van der Waals surface area contributed by atoms with E-state index in [9.17, 15) is 13.2 Å². The molecule has 1 unspecified atom stereocenters. The van der Waals surface area contributed by atoms with Crippen molar-refractivity contribution in [3.8, 4) is 0 Å². The number of carbonyl (C=O) groups excluding carboxylic acids is 1. The van der Waals surface area contributed by atoms with Gasteiger partial charge in [-0.25, -0.2) is 13.4 Å². The predicted octanol–water partition coefficient (Wildman–Crippen LogP) is 3.87. The topological polar surface area (TPSA) is 84.3 Å². The second-order valence-corrected chi connectivity index (χ2v) is 10.8. The van der Waals surface area contributed by atoms with Gasteiger partial charge in [0.2, 0.25) is 15.9 Å². The fraction of sp³-hybridized carbons (Fsp3) is 0.619. The van der Waals surface area contributed by atoms with E-state index in [1.807, 2.05) is 40.7 Å². The Balaban J connectivity index is 2.46. The molecular weight excluding hydrogens is 420 g/mol. The molecule has 168 valence electrons. The molecule has 0 saturated heterocycles. The van der Waals surface area contributed by atoms with Crippen LogP contribution in [0.3, 0.4) is 0 Å². The number of thioether (sulfide) groups is 1. The van der Waals surface area contributed by atoms with E-state index in [0.717, 1.165) is 30.1 Å². The molecule has 1 aromatic heterocycles. The minimum absolute atomic E-state index is 0.0334. The van der Waals surface area contributed by atoms with Crippen molar-refractivity contribution in [1.82, 2.24) is 19.2 Å². The molecule has 0 bridgehead atoms. The molecule has 0 radical (unpaired) electrons. The molecule has 7 nitrogen and oxygen atoms in total. The van der Waals surface area contributed by atoms with Gasteiger partial charge in [0.25, 0.3) is 0 Å². The number of benzene rings is 1. The molecule has 2 aromatic rings. The molecule has 0 spiro atoms. The highest BCUT2D eigenvalue weighted by molar-refractivity contribution is 8.00. The normalized spacial score (nSPS) is 13.3. The smallest absolute Gasteiger partial charge is 0.243 e. The van der Waals surface area contributed by atoms with Crippen LogP contribution in [0.2, 0.25) is 0 Å². The third kappa shape index (κ3) is 5.56. The third-order valence-corrected chi connectivity index (χ3v) is 7.98. The van der Waals surface area contributed by atoms with Crippen LogP contribution in [-0.4, -0.2) is 52.6 Å². The molecule has 1 aromatic carbocycles. The predicted molar refractivity (Wildman–Crippen MR) is 123 cm³/mol. The Bertz CT molecular complexity index is 966. The fourth-order valence-corrected chi connectivity index (χ4v) is 5.63. The van der Waals surface area contributed by atoms with E-state index in [4.69, 9.17) is 4.98 Å². The van der Waals surface area contributed by atoms with Crippen molar-refractivity contribution in [2.75, 3.05) is 13.1 Å². The van der Waals surface area contributed by atoms with Crippen molar-refractivity contribution >= 4 is 38.7 Å². The number of aryl methyl sites for hydroxylation is 1. The molecule has 30 heavy (non-hydrogen) atoms. The maximum Gasteiger partial charge on any atom is 0.243 e. The molecule has 0 aliphatic rings. The number of carbonyl (C=O) groups is 1. The van der Waals surface area contributed by atoms with Crippen LogP contribution in [0.4, 0.5) is 0 Å². The van der Waals surface area contributed by atoms with E-state index >= 15 is 0 Å². The van der Waals surface area contributed by atoms with Crippen LogP contribution in [0.15, 0.2) is 28.3 Å². The molecule has 2 rings (SSSR count). The summed E-state index contributed by atoms with van der Waals surface area (Å²) >= 11 is 1.41. The van der Waals surface area contributed by atoms with Crippen LogP contribution in [0.1, 0.15) is 54.4 Å². The summed E-state index contributed by atoms with van der Waals surface area (Å²) in [4.78, 5) is 17.3. The standard InChI is InChI=1S/C21H34N4O3S2/c1-7-10-13-25-19-12-11-17(30(27,28)24(8-2)9-3)14-18(19)23-21(25)29-16(6)20(26)22-15(4)5/h11-12,14-16H,7-10,13H2,1-6H3,(H,22,26). The lowest BCUT2D eigenvalue weighted by Gasteiger charge is -2.18. The zero-order chi connectivity index (χ0) is 22.5. The summed E-state index contributed by atoms with van der Waals surface area (Å²) in [5.74, 6) is -0.0334. The number of aromatic nitrogens is 2. The van der Waals surface area contributed by atoms with E-state index in [-0.39, 0.29) is 22.1 Å². The first-order valence-electron chi connectivity index (χ1n) is 10.6. The SMILES string of the molecule is CCCCn1c(SC(C)C(=O)NC(C)C)nc2cc(S(=O)(=O)N(CC)CC)ccc21. The number of imidazole rings is 1. The highest BCUT2D eigenvalue weighted by Crippen LogP contribution is 2.30. The second kappa shape index (κ2) is 10.6. The van der Waals surface area contributed by atoms with Crippen molar-refractivity contribution in [2.45, 2.75) is 82.3 Å². The lowest BCUT2D eigenvalue weighted by atomic mass is 10.3. The monoisotopic (exact) mass is 454 g/mol. The van der Waals surface area contributed by atoms with Crippen molar-refractivity contribution < 1.29 is 13.2 Å². The van der Waals surface area contributed by atoms with E-state index in [1.165, 1.54) is 16.1 Å². The summed E-state index contributed by atoms with van der Waals surface area (Å²) in [6.07, 6.45) is 2.01. The molecule has 1 heterocycles. The van der Waals surface area contributed by atoms with Gasteiger partial charge in [0.1, 0.15) is 0 Å². The highest BCUT2D eigenvalue weighted by atomic mass is 32.2. The Morgan fingerprint density at radius 1 is 1.20 bits per heavy atom. The fourth-order valence-electron chi connectivity index (χ4n) is 3.20. The number of amides is 1. The minimum Gasteiger partial charge on any atom is -0.353 e. The van der Waals surface area contributed by atoms with Crippen LogP contribution in [0.25, 0.3) is 11.0 Å². The summed E-state index contributed by atoms with van der Waals surface area (Å²) in [5, 5.41) is 3.37. The zero-order valence-electron chi connectivity index (χ0n) is 18.8. The van der Waals surface area contributed by atoms with Crippen LogP contribution in [0.5, 0.6) is 0 Å². The average Bonchev–Trinajstić information content (AvgIpc) is 3.02. The van der Waals surface area contributed by atoms with Gasteiger partial charge >= 0.3 is 0 Å². The Hall–Kier alpha value is -1.58. The Morgan fingerprint density at radius 3 is 2.43 bits per heavy atom. The Kier molecular flexibility index (Phi) is 8.75. The van der Waals surface area contributed by atoms with Gasteiger partial charge < -0.3 is 9.88 Å². The molecule has 1 atom stereocenters. The third-order valence-electron chi connectivity index (χ3n) is 4.85. The summed E-state index contributed by atoms with van der Waals surface area (Å²) in [6.45, 7) is 13.1. The molecule has 9 heteroatoms. The lowest BCUT2D eigenvalue weighted by molar-refractivity contribution is -0.120. The molecule has 0 fully saturated rings. The first-order valence-corrected chi connectivity index (χ1v) is 12.9. The first-order chi connectivity index (χ1) is 14.1. The van der Waals surface area contributed by atoms with Gasteiger partial charge in [-0.2, -0.15) is 4.31 Å². The highest BCUT2D eigenvalue weighted by Gasteiger charge is 2.24. The second-order valence-electron chi connectivity index (χ2n) is 7.56. The number of hydrogen-bond acceptors (Lipinski definition) is 5. The van der Waals surface area contributed by atoms with Crippen molar-refractivity contribution in [1.29, 1.82) is 0 Å². The van der Waals surface area contributed by atoms with Crippen LogP contribution < -0.4 is 5.32 Å². The maximum atomic E-state index is 12.9. The maximum absolute atomic E-state index is 12.9. The average molecular weight is 455 g/mol. The number of unbranched alkanes of at least 4 members (excludes halogenated alkanes) is 1. The van der Waals surface area contributed by atoms with Crippen molar-refractivity contribution in [2.24, 2.45) is 0 Å². The van der Waals surface area contributed by atoms with Crippen molar-refractivity contribution in [3.05, 3.63) is 18.2 Å². The van der Waals surface area contributed by atoms with Gasteiger partial charge in [-0.3, -0.25) is 4.79 Å². The van der Waals surface area contributed by atoms with Gasteiger partial charge in [-0.15, -0.1) is 0 Å². The van der Waals surface area contributed by atoms with Crippen LogP contribution in [-0.2, 0) is 21.4 Å². The quantitative estimate of drug-likeness (QED) is 0.521. The number of nitrogens with zero attached hydrogens (tertiary/aromatic N) is 3.